The van der Waals surface area contributed by atoms with Crippen LogP contribution in [0.1, 0.15) is 29.0 Å². The molecule has 1 fully saturated rings. The maximum absolute atomic E-state index is 5.79. The molecule has 0 aliphatic carbocycles. The lowest BCUT2D eigenvalue weighted by molar-refractivity contribution is 0.548. The Balaban J connectivity index is 1.66. The molecule has 148 valence electrons. The van der Waals surface area contributed by atoms with E-state index >= 15 is 0 Å². The number of anilines is 1. The second-order valence-corrected chi connectivity index (χ2v) is 7.72. The molecule has 6 heteroatoms. The molecule has 1 aliphatic rings. The van der Waals surface area contributed by atoms with Gasteiger partial charge in [0.15, 0.2) is 5.11 Å². The monoisotopic (exact) mass is 411 g/mol. The van der Waals surface area contributed by atoms with Crippen molar-refractivity contribution in [2.45, 2.75) is 19.0 Å². The van der Waals surface area contributed by atoms with Gasteiger partial charge in [0.2, 0.25) is 0 Å². The fourth-order valence-electron chi connectivity index (χ4n) is 3.97. The molecule has 30 heavy (non-hydrogen) atoms. The van der Waals surface area contributed by atoms with Gasteiger partial charge in [-0.15, -0.1) is 0 Å². The average Bonchev–Trinajstić information content (AvgIpc) is 3.40. The van der Waals surface area contributed by atoms with Crippen molar-refractivity contribution in [3.63, 3.8) is 0 Å². The van der Waals surface area contributed by atoms with Crippen LogP contribution in [-0.4, -0.2) is 19.6 Å². The predicted molar refractivity (Wildman–Crippen MR) is 123 cm³/mol. The molecule has 0 spiro atoms. The Morgan fingerprint density at radius 2 is 1.73 bits per heavy atom. The highest BCUT2D eigenvalue weighted by atomic mass is 32.1. The van der Waals surface area contributed by atoms with Crippen LogP contribution in [0.3, 0.4) is 0 Å². The zero-order valence-corrected chi connectivity index (χ0v) is 17.3. The standard InChI is InChI=1S/C24H21N5S/c1-17-12-13-21(26-16-17)28-15-7-11-20(28)23-22(19-10-5-6-14-25-19)27-24(30)29(23)18-8-3-2-4-9-18/h2-16,22-23H,1H3,(H,27,30)/t22-,23-/m0/s1. The van der Waals surface area contributed by atoms with Crippen molar-refractivity contribution >= 4 is 23.0 Å². The lowest BCUT2D eigenvalue weighted by atomic mass is 10.0. The van der Waals surface area contributed by atoms with Gasteiger partial charge in [0.1, 0.15) is 11.9 Å². The van der Waals surface area contributed by atoms with Crippen molar-refractivity contribution < 1.29 is 0 Å². The Labute approximate surface area is 181 Å². The van der Waals surface area contributed by atoms with Crippen molar-refractivity contribution in [2.75, 3.05) is 4.90 Å². The van der Waals surface area contributed by atoms with Gasteiger partial charge in [-0.3, -0.25) is 4.98 Å². The lowest BCUT2D eigenvalue weighted by Gasteiger charge is -2.28. The van der Waals surface area contributed by atoms with Gasteiger partial charge in [0.25, 0.3) is 0 Å². The third-order valence-corrected chi connectivity index (χ3v) is 5.67. The molecular weight excluding hydrogens is 390 g/mol. The van der Waals surface area contributed by atoms with Gasteiger partial charge in [-0.1, -0.05) is 30.3 Å². The molecule has 5 rings (SSSR count). The average molecular weight is 412 g/mol. The minimum Gasteiger partial charge on any atom is -0.351 e. The zero-order valence-electron chi connectivity index (χ0n) is 16.5. The molecule has 0 amide bonds. The first-order valence-electron chi connectivity index (χ1n) is 9.88. The summed E-state index contributed by atoms with van der Waals surface area (Å²) in [6.07, 6.45) is 5.76. The summed E-state index contributed by atoms with van der Waals surface area (Å²) in [7, 11) is 0. The Morgan fingerprint density at radius 1 is 0.900 bits per heavy atom. The van der Waals surface area contributed by atoms with E-state index in [0.717, 1.165) is 28.5 Å². The van der Waals surface area contributed by atoms with E-state index in [9.17, 15) is 0 Å². The van der Waals surface area contributed by atoms with E-state index in [2.05, 4.69) is 55.1 Å². The number of pyridine rings is 2. The van der Waals surface area contributed by atoms with Crippen molar-refractivity contribution in [3.05, 3.63) is 108 Å². The van der Waals surface area contributed by atoms with E-state index in [1.54, 1.807) is 0 Å². The molecule has 4 aromatic rings. The lowest BCUT2D eigenvalue weighted by Crippen LogP contribution is -2.30. The predicted octanol–water partition coefficient (Wildman–Crippen LogP) is 4.75. The van der Waals surface area contributed by atoms with Crippen LogP contribution in [0, 0.1) is 6.92 Å². The topological polar surface area (TPSA) is 46.0 Å². The molecule has 0 bridgehead atoms. The van der Waals surface area contributed by atoms with E-state index in [-0.39, 0.29) is 12.1 Å². The smallest absolute Gasteiger partial charge is 0.174 e. The summed E-state index contributed by atoms with van der Waals surface area (Å²) in [6, 6.07) is 24.4. The number of aromatic nitrogens is 3. The number of aryl methyl sites for hydroxylation is 1. The highest BCUT2D eigenvalue weighted by molar-refractivity contribution is 7.80. The first-order valence-corrected chi connectivity index (χ1v) is 10.3. The fourth-order valence-corrected chi connectivity index (χ4v) is 4.31. The van der Waals surface area contributed by atoms with Crippen LogP contribution in [0.25, 0.3) is 5.82 Å². The van der Waals surface area contributed by atoms with Gasteiger partial charge < -0.3 is 14.8 Å². The SMILES string of the molecule is Cc1ccc(-n2cccc2[C@H]2[C@H](c3ccccn3)NC(=S)N2c2ccccc2)nc1. The van der Waals surface area contributed by atoms with Crippen LogP contribution in [0.2, 0.25) is 0 Å². The van der Waals surface area contributed by atoms with E-state index < -0.39 is 0 Å². The van der Waals surface area contributed by atoms with Crippen LogP contribution in [0.4, 0.5) is 5.69 Å². The molecule has 5 nitrogen and oxygen atoms in total. The highest BCUT2D eigenvalue weighted by Crippen LogP contribution is 2.41. The first-order chi connectivity index (χ1) is 14.7. The number of para-hydroxylation sites is 1. The summed E-state index contributed by atoms with van der Waals surface area (Å²) < 4.78 is 2.13. The number of nitrogens with one attached hydrogen (secondary N) is 1. The molecular formula is C24H21N5S. The van der Waals surface area contributed by atoms with Crippen molar-refractivity contribution in [1.29, 1.82) is 0 Å². The Bertz CT molecular complexity index is 1160. The van der Waals surface area contributed by atoms with Crippen LogP contribution in [0.5, 0.6) is 0 Å². The van der Waals surface area contributed by atoms with E-state index in [1.807, 2.05) is 68.0 Å². The Morgan fingerprint density at radius 3 is 2.47 bits per heavy atom. The summed E-state index contributed by atoms with van der Waals surface area (Å²) in [5.41, 5.74) is 4.22. The van der Waals surface area contributed by atoms with E-state index in [4.69, 9.17) is 12.2 Å². The number of nitrogens with zero attached hydrogens (tertiary/aromatic N) is 4. The van der Waals surface area contributed by atoms with Crippen molar-refractivity contribution in [3.8, 4) is 5.82 Å². The number of hydrogen-bond acceptors (Lipinski definition) is 3. The molecule has 3 aromatic heterocycles. The zero-order chi connectivity index (χ0) is 20.5. The quantitative estimate of drug-likeness (QED) is 0.491. The molecule has 1 aromatic carbocycles. The molecule has 1 N–H and O–H groups in total. The van der Waals surface area contributed by atoms with Gasteiger partial charge in [0.05, 0.1) is 11.7 Å². The van der Waals surface area contributed by atoms with E-state index in [1.165, 1.54) is 0 Å². The van der Waals surface area contributed by atoms with Crippen molar-refractivity contribution in [1.82, 2.24) is 19.9 Å². The van der Waals surface area contributed by atoms with Gasteiger partial charge in [-0.2, -0.15) is 0 Å². The third-order valence-electron chi connectivity index (χ3n) is 5.36. The van der Waals surface area contributed by atoms with Gasteiger partial charge in [-0.05, 0) is 67.2 Å². The number of benzene rings is 1. The highest BCUT2D eigenvalue weighted by Gasteiger charge is 2.42. The second kappa shape index (κ2) is 7.72. The summed E-state index contributed by atoms with van der Waals surface area (Å²) in [6.45, 7) is 2.04. The Hall–Kier alpha value is -3.51. The van der Waals surface area contributed by atoms with Crippen LogP contribution >= 0.6 is 12.2 Å². The second-order valence-electron chi connectivity index (χ2n) is 7.33. The molecule has 2 atom stereocenters. The van der Waals surface area contributed by atoms with Crippen molar-refractivity contribution in [2.24, 2.45) is 0 Å². The molecule has 1 saturated heterocycles. The molecule has 0 radical (unpaired) electrons. The number of hydrogen-bond donors (Lipinski definition) is 1. The Kier molecular flexibility index (Phi) is 4.77. The van der Waals surface area contributed by atoms with Crippen LogP contribution < -0.4 is 10.2 Å². The summed E-state index contributed by atoms with van der Waals surface area (Å²) in [5, 5.41) is 4.19. The van der Waals surface area contributed by atoms with E-state index in [0.29, 0.717) is 5.11 Å². The normalized spacial score (nSPS) is 18.4. The van der Waals surface area contributed by atoms with Gasteiger partial charge in [-0.25, -0.2) is 4.98 Å². The number of thiocarbonyl (C=S) groups is 1. The maximum atomic E-state index is 5.79. The largest absolute Gasteiger partial charge is 0.351 e. The fraction of sp³-hybridized carbons (Fsp3) is 0.125. The summed E-state index contributed by atoms with van der Waals surface area (Å²) in [5.74, 6) is 0.881. The third kappa shape index (κ3) is 3.25. The summed E-state index contributed by atoms with van der Waals surface area (Å²) >= 11 is 5.79. The molecule has 0 saturated carbocycles. The minimum absolute atomic E-state index is 0.0760. The number of rotatable bonds is 4. The van der Waals surface area contributed by atoms with Crippen LogP contribution in [0.15, 0.2) is 91.4 Å². The summed E-state index contributed by atoms with van der Waals surface area (Å²) in [4.78, 5) is 11.4. The molecule has 4 heterocycles. The first kappa shape index (κ1) is 18.5. The molecule has 1 aliphatic heterocycles. The maximum Gasteiger partial charge on any atom is 0.174 e. The van der Waals surface area contributed by atoms with Gasteiger partial charge >= 0.3 is 0 Å². The van der Waals surface area contributed by atoms with Crippen LogP contribution in [-0.2, 0) is 0 Å². The van der Waals surface area contributed by atoms with Gasteiger partial charge in [0, 0.05) is 30.0 Å². The minimum atomic E-state index is -0.0852. The molecule has 0 unspecified atom stereocenters.